The van der Waals surface area contributed by atoms with Crippen molar-refractivity contribution in [1.82, 2.24) is 10.6 Å². The molecule has 1 aliphatic rings. The van der Waals surface area contributed by atoms with E-state index in [1.165, 1.54) is 0 Å². The van der Waals surface area contributed by atoms with Crippen molar-refractivity contribution in [2.75, 3.05) is 19.6 Å². The van der Waals surface area contributed by atoms with E-state index >= 15 is 0 Å². The molecule has 0 radical (unpaired) electrons. The van der Waals surface area contributed by atoms with E-state index in [1.807, 2.05) is 0 Å². The second-order valence-electron chi connectivity index (χ2n) is 5.77. The van der Waals surface area contributed by atoms with Crippen molar-refractivity contribution < 1.29 is 4.79 Å². The molecule has 17 heavy (non-hydrogen) atoms. The smallest absolute Gasteiger partial charge is 0.220 e. The van der Waals surface area contributed by atoms with Crippen molar-refractivity contribution in [3.8, 4) is 0 Å². The van der Waals surface area contributed by atoms with Crippen LogP contribution in [0.15, 0.2) is 0 Å². The van der Waals surface area contributed by atoms with Gasteiger partial charge < -0.3 is 10.6 Å². The number of piperidine rings is 1. The molecule has 0 spiro atoms. The third-order valence-corrected chi connectivity index (χ3v) is 3.47. The highest BCUT2D eigenvalue weighted by molar-refractivity contribution is 5.85. The Balaban J connectivity index is 0.00000256. The van der Waals surface area contributed by atoms with Crippen LogP contribution in [0.25, 0.3) is 0 Å². The molecule has 0 atom stereocenters. The van der Waals surface area contributed by atoms with Gasteiger partial charge in [-0.05, 0) is 43.7 Å². The summed E-state index contributed by atoms with van der Waals surface area (Å²) in [6, 6.07) is 0. The van der Waals surface area contributed by atoms with Crippen LogP contribution in [0.4, 0.5) is 0 Å². The van der Waals surface area contributed by atoms with E-state index in [2.05, 4.69) is 31.4 Å². The highest BCUT2D eigenvalue weighted by Gasteiger charge is 2.26. The fourth-order valence-corrected chi connectivity index (χ4v) is 2.03. The number of carbonyl (C=O) groups excluding carboxylic acids is 1. The molecule has 1 heterocycles. The molecule has 4 heteroatoms. The fraction of sp³-hybridized carbons (Fsp3) is 0.923. The Morgan fingerprint density at radius 1 is 1.35 bits per heavy atom. The summed E-state index contributed by atoms with van der Waals surface area (Å²) in [5.41, 5.74) is 0.304. The van der Waals surface area contributed by atoms with E-state index in [0.29, 0.717) is 17.8 Å². The molecular formula is C13H27ClN2O. The lowest BCUT2D eigenvalue weighted by molar-refractivity contribution is -0.121. The maximum absolute atomic E-state index is 11.6. The van der Waals surface area contributed by atoms with Crippen LogP contribution in [0.5, 0.6) is 0 Å². The molecule has 0 unspecified atom stereocenters. The molecule has 102 valence electrons. The van der Waals surface area contributed by atoms with E-state index < -0.39 is 0 Å². The van der Waals surface area contributed by atoms with Crippen LogP contribution < -0.4 is 10.6 Å². The minimum Gasteiger partial charge on any atom is -0.356 e. The second-order valence-corrected chi connectivity index (χ2v) is 5.77. The van der Waals surface area contributed by atoms with Gasteiger partial charge in [0.15, 0.2) is 0 Å². The summed E-state index contributed by atoms with van der Waals surface area (Å²) in [5, 5.41) is 6.44. The van der Waals surface area contributed by atoms with Crippen molar-refractivity contribution in [3.63, 3.8) is 0 Å². The van der Waals surface area contributed by atoms with Gasteiger partial charge in [0.1, 0.15) is 0 Å². The highest BCUT2D eigenvalue weighted by atomic mass is 35.5. The summed E-state index contributed by atoms with van der Waals surface area (Å²) < 4.78 is 0. The Morgan fingerprint density at radius 2 is 1.94 bits per heavy atom. The first-order valence-electron chi connectivity index (χ1n) is 6.49. The van der Waals surface area contributed by atoms with E-state index in [4.69, 9.17) is 0 Å². The number of rotatable bonds is 5. The summed E-state index contributed by atoms with van der Waals surface area (Å²) in [7, 11) is 0. The van der Waals surface area contributed by atoms with Crippen LogP contribution in [0.2, 0.25) is 0 Å². The van der Waals surface area contributed by atoms with Crippen LogP contribution in [0.1, 0.15) is 46.5 Å². The molecule has 1 rings (SSSR count). The van der Waals surface area contributed by atoms with Gasteiger partial charge in [0, 0.05) is 13.0 Å². The first-order chi connectivity index (χ1) is 7.52. The molecular weight excluding hydrogens is 236 g/mol. The molecule has 0 saturated carbocycles. The standard InChI is InChI=1S/C13H26N2O.ClH/c1-11(2)4-5-12(16)15-10-13(3)6-8-14-9-7-13;/h11,14H,4-10H2,1-3H3,(H,15,16);1H. The molecule has 2 N–H and O–H groups in total. The SMILES string of the molecule is CC(C)CCC(=O)NCC1(C)CCNCC1.Cl. The maximum Gasteiger partial charge on any atom is 0.220 e. The molecule has 0 bridgehead atoms. The van der Waals surface area contributed by atoms with E-state index in [1.54, 1.807) is 0 Å². The Morgan fingerprint density at radius 3 is 2.47 bits per heavy atom. The minimum absolute atomic E-state index is 0. The lowest BCUT2D eigenvalue weighted by Crippen LogP contribution is -2.42. The van der Waals surface area contributed by atoms with Gasteiger partial charge in [-0.3, -0.25) is 4.79 Å². The molecule has 0 aromatic rings. The first-order valence-corrected chi connectivity index (χ1v) is 6.49. The lowest BCUT2D eigenvalue weighted by Gasteiger charge is -2.34. The van der Waals surface area contributed by atoms with Crippen LogP contribution in [-0.2, 0) is 4.79 Å². The number of amides is 1. The van der Waals surface area contributed by atoms with Gasteiger partial charge in [0.05, 0.1) is 0 Å². The third-order valence-electron chi connectivity index (χ3n) is 3.47. The molecule has 1 amide bonds. The molecule has 0 aliphatic carbocycles. The normalized spacial score (nSPS) is 18.6. The van der Waals surface area contributed by atoms with Gasteiger partial charge in [-0.15, -0.1) is 12.4 Å². The van der Waals surface area contributed by atoms with Gasteiger partial charge in [0.2, 0.25) is 5.91 Å². The van der Waals surface area contributed by atoms with E-state index in [-0.39, 0.29) is 18.3 Å². The van der Waals surface area contributed by atoms with Crippen LogP contribution in [0.3, 0.4) is 0 Å². The predicted octanol–water partition coefficient (Wildman–Crippen LogP) is 2.35. The molecule has 1 saturated heterocycles. The van der Waals surface area contributed by atoms with Crippen LogP contribution in [-0.4, -0.2) is 25.5 Å². The summed E-state index contributed by atoms with van der Waals surface area (Å²) >= 11 is 0. The zero-order valence-electron chi connectivity index (χ0n) is 11.3. The van der Waals surface area contributed by atoms with Crippen molar-refractivity contribution in [3.05, 3.63) is 0 Å². The van der Waals surface area contributed by atoms with Gasteiger partial charge in [-0.25, -0.2) is 0 Å². The van der Waals surface area contributed by atoms with Gasteiger partial charge in [-0.2, -0.15) is 0 Å². The van der Waals surface area contributed by atoms with E-state index in [9.17, 15) is 4.79 Å². The average molecular weight is 263 g/mol. The van der Waals surface area contributed by atoms with Crippen molar-refractivity contribution in [2.24, 2.45) is 11.3 Å². The van der Waals surface area contributed by atoms with Gasteiger partial charge >= 0.3 is 0 Å². The highest BCUT2D eigenvalue weighted by Crippen LogP contribution is 2.26. The average Bonchev–Trinajstić information content (AvgIpc) is 2.25. The summed E-state index contributed by atoms with van der Waals surface area (Å²) in [6.45, 7) is 9.59. The Kier molecular flexibility index (Phi) is 7.80. The van der Waals surface area contributed by atoms with E-state index in [0.717, 1.165) is 38.9 Å². The second kappa shape index (κ2) is 7.93. The number of hydrogen-bond acceptors (Lipinski definition) is 2. The lowest BCUT2D eigenvalue weighted by atomic mass is 9.81. The minimum atomic E-state index is 0. The monoisotopic (exact) mass is 262 g/mol. The number of halogens is 1. The van der Waals surface area contributed by atoms with Crippen molar-refractivity contribution in [1.29, 1.82) is 0 Å². The Labute approximate surface area is 112 Å². The number of hydrogen-bond donors (Lipinski definition) is 2. The molecule has 1 aliphatic heterocycles. The Bertz CT molecular complexity index is 225. The molecule has 3 nitrogen and oxygen atoms in total. The summed E-state index contributed by atoms with van der Waals surface area (Å²) in [6.07, 6.45) is 3.99. The van der Waals surface area contributed by atoms with Crippen LogP contribution in [0, 0.1) is 11.3 Å². The largest absolute Gasteiger partial charge is 0.356 e. The van der Waals surface area contributed by atoms with Crippen LogP contribution >= 0.6 is 12.4 Å². The summed E-state index contributed by atoms with van der Waals surface area (Å²) in [4.78, 5) is 11.6. The zero-order valence-corrected chi connectivity index (χ0v) is 12.2. The quantitative estimate of drug-likeness (QED) is 0.799. The maximum atomic E-state index is 11.6. The number of carbonyl (C=O) groups is 1. The van der Waals surface area contributed by atoms with Crippen molar-refractivity contribution in [2.45, 2.75) is 46.5 Å². The molecule has 1 fully saturated rings. The first kappa shape index (κ1) is 16.7. The topological polar surface area (TPSA) is 41.1 Å². The predicted molar refractivity (Wildman–Crippen MR) is 74.5 cm³/mol. The molecule has 0 aromatic heterocycles. The molecule has 0 aromatic carbocycles. The van der Waals surface area contributed by atoms with Gasteiger partial charge in [-0.1, -0.05) is 20.8 Å². The fourth-order valence-electron chi connectivity index (χ4n) is 2.03. The summed E-state index contributed by atoms with van der Waals surface area (Å²) in [5.74, 6) is 0.827. The third kappa shape index (κ3) is 6.89. The van der Waals surface area contributed by atoms with Gasteiger partial charge in [0.25, 0.3) is 0 Å². The number of nitrogens with one attached hydrogen (secondary N) is 2. The van der Waals surface area contributed by atoms with Crippen molar-refractivity contribution >= 4 is 18.3 Å². The zero-order chi connectivity index (χ0) is 12.0. The Hall–Kier alpha value is -0.280.